The molecule has 2 unspecified atom stereocenters. The highest BCUT2D eigenvalue weighted by molar-refractivity contribution is 4.84. The first-order chi connectivity index (χ1) is 7.07. The lowest BCUT2D eigenvalue weighted by Crippen LogP contribution is -2.35. The van der Waals surface area contributed by atoms with Crippen molar-refractivity contribution in [3.8, 4) is 0 Å². The monoisotopic (exact) mass is 209 g/mol. The van der Waals surface area contributed by atoms with Gasteiger partial charge in [-0.1, -0.05) is 27.2 Å². The summed E-state index contributed by atoms with van der Waals surface area (Å²) >= 11 is 0. The van der Waals surface area contributed by atoms with Crippen molar-refractivity contribution in [2.24, 2.45) is 11.3 Å². The first-order valence-corrected chi connectivity index (χ1v) is 6.81. The van der Waals surface area contributed by atoms with Crippen molar-refractivity contribution < 1.29 is 0 Å². The molecule has 2 aliphatic rings. The fourth-order valence-corrected chi connectivity index (χ4v) is 3.45. The predicted molar refractivity (Wildman–Crippen MR) is 66.0 cm³/mol. The zero-order valence-electron chi connectivity index (χ0n) is 10.8. The highest BCUT2D eigenvalue weighted by Crippen LogP contribution is 2.36. The molecule has 0 saturated carbocycles. The van der Waals surface area contributed by atoms with Gasteiger partial charge in [-0.3, -0.25) is 0 Å². The summed E-state index contributed by atoms with van der Waals surface area (Å²) in [6, 6.07) is 0.950. The van der Waals surface area contributed by atoms with E-state index in [2.05, 4.69) is 25.7 Å². The average molecular weight is 209 g/mol. The van der Waals surface area contributed by atoms with Gasteiger partial charge in [0, 0.05) is 6.04 Å². The Morgan fingerprint density at radius 1 is 0.867 bits per heavy atom. The van der Waals surface area contributed by atoms with Gasteiger partial charge in [0.2, 0.25) is 0 Å². The predicted octanol–water partition coefficient (Wildman–Crippen LogP) is 3.69. The van der Waals surface area contributed by atoms with Crippen LogP contribution in [0.5, 0.6) is 0 Å². The second-order valence-corrected chi connectivity index (χ2v) is 6.61. The topological polar surface area (TPSA) is 3.24 Å². The van der Waals surface area contributed by atoms with Gasteiger partial charge in [-0.2, -0.15) is 0 Å². The molecule has 1 nitrogen and oxygen atoms in total. The molecule has 2 saturated heterocycles. The molecule has 2 atom stereocenters. The van der Waals surface area contributed by atoms with Crippen molar-refractivity contribution in [2.75, 3.05) is 13.1 Å². The van der Waals surface area contributed by atoms with E-state index in [1.54, 1.807) is 0 Å². The minimum absolute atomic E-state index is 0.520. The minimum atomic E-state index is 0.520. The first kappa shape index (κ1) is 11.4. The molecule has 0 radical (unpaired) electrons. The third-order valence-corrected chi connectivity index (χ3v) is 4.58. The van der Waals surface area contributed by atoms with E-state index in [0.29, 0.717) is 5.41 Å². The fraction of sp³-hybridized carbons (Fsp3) is 1.00. The van der Waals surface area contributed by atoms with Crippen LogP contribution in [0.15, 0.2) is 0 Å². The molecule has 0 aromatic heterocycles. The van der Waals surface area contributed by atoms with Crippen LogP contribution < -0.4 is 0 Å². The highest BCUT2D eigenvalue weighted by Gasteiger charge is 2.30. The van der Waals surface area contributed by atoms with Crippen LogP contribution in [0.1, 0.15) is 59.3 Å². The van der Waals surface area contributed by atoms with Crippen LogP contribution in [0.4, 0.5) is 0 Å². The van der Waals surface area contributed by atoms with Gasteiger partial charge in [-0.25, -0.2) is 0 Å². The maximum absolute atomic E-state index is 2.76. The summed E-state index contributed by atoms with van der Waals surface area (Å²) in [5.74, 6) is 0.944. The molecule has 0 N–H and O–H groups in total. The molecular weight excluding hydrogens is 182 g/mol. The Morgan fingerprint density at radius 2 is 1.60 bits per heavy atom. The summed E-state index contributed by atoms with van der Waals surface area (Å²) in [6.45, 7) is 10.00. The number of hydrogen-bond acceptors (Lipinski definition) is 1. The Hall–Kier alpha value is -0.0400. The number of fused-ring (bicyclic) bond motifs is 1. The van der Waals surface area contributed by atoms with Crippen LogP contribution in [0.3, 0.4) is 0 Å². The van der Waals surface area contributed by atoms with Gasteiger partial charge in [-0.05, 0) is 56.5 Å². The lowest BCUT2D eigenvalue weighted by molar-refractivity contribution is 0.136. The zero-order valence-corrected chi connectivity index (χ0v) is 10.8. The normalized spacial score (nSPS) is 34.6. The quantitative estimate of drug-likeness (QED) is 0.588. The van der Waals surface area contributed by atoms with Crippen LogP contribution >= 0.6 is 0 Å². The highest BCUT2D eigenvalue weighted by atomic mass is 15.2. The average Bonchev–Trinajstić information content (AvgIpc) is 2.49. The summed E-state index contributed by atoms with van der Waals surface area (Å²) < 4.78 is 0. The van der Waals surface area contributed by atoms with E-state index in [1.165, 1.54) is 51.6 Å². The van der Waals surface area contributed by atoms with E-state index in [4.69, 9.17) is 0 Å². The van der Waals surface area contributed by atoms with Crippen LogP contribution in [-0.2, 0) is 0 Å². The standard InChI is InChI=1S/C14H27N/c1-14(2,3)12-6-4-7-13-8-5-10-15(13)11-9-12/h12-13H,4-11H2,1-3H3. The third kappa shape index (κ3) is 2.75. The Labute approximate surface area is 95.2 Å². The Balaban J connectivity index is 1.93. The van der Waals surface area contributed by atoms with Gasteiger partial charge >= 0.3 is 0 Å². The van der Waals surface area contributed by atoms with Gasteiger partial charge in [0.1, 0.15) is 0 Å². The van der Waals surface area contributed by atoms with E-state index in [9.17, 15) is 0 Å². The van der Waals surface area contributed by atoms with E-state index >= 15 is 0 Å². The maximum Gasteiger partial charge on any atom is 0.00957 e. The summed E-state index contributed by atoms with van der Waals surface area (Å²) in [5, 5.41) is 0. The van der Waals surface area contributed by atoms with Crippen molar-refractivity contribution in [2.45, 2.75) is 65.3 Å². The second-order valence-electron chi connectivity index (χ2n) is 6.61. The van der Waals surface area contributed by atoms with E-state index in [0.717, 1.165) is 12.0 Å². The molecule has 2 heterocycles. The van der Waals surface area contributed by atoms with Gasteiger partial charge in [0.05, 0.1) is 0 Å². The Kier molecular flexibility index (Phi) is 3.39. The maximum atomic E-state index is 2.76. The Bertz CT molecular complexity index is 204. The molecule has 88 valence electrons. The van der Waals surface area contributed by atoms with Gasteiger partial charge in [0.15, 0.2) is 0 Å². The van der Waals surface area contributed by atoms with Crippen LogP contribution in [0.25, 0.3) is 0 Å². The van der Waals surface area contributed by atoms with Crippen molar-refractivity contribution in [3.63, 3.8) is 0 Å². The van der Waals surface area contributed by atoms with Crippen molar-refractivity contribution in [1.82, 2.24) is 4.90 Å². The molecule has 0 spiro atoms. The van der Waals surface area contributed by atoms with Gasteiger partial charge in [0.25, 0.3) is 0 Å². The lowest BCUT2D eigenvalue weighted by Gasteiger charge is -2.36. The SMILES string of the molecule is CC(C)(C)C1CCCC2CCCN2CC1. The van der Waals surface area contributed by atoms with Crippen LogP contribution in [0.2, 0.25) is 0 Å². The second kappa shape index (κ2) is 4.45. The van der Waals surface area contributed by atoms with Crippen molar-refractivity contribution >= 4 is 0 Å². The zero-order chi connectivity index (χ0) is 10.9. The summed E-state index contributed by atoms with van der Waals surface area (Å²) in [4.78, 5) is 2.76. The number of rotatable bonds is 0. The summed E-state index contributed by atoms with van der Waals surface area (Å²) in [6.07, 6.45) is 8.74. The molecule has 1 heteroatoms. The van der Waals surface area contributed by atoms with Crippen LogP contribution in [0, 0.1) is 11.3 Å². The van der Waals surface area contributed by atoms with E-state index in [1.807, 2.05) is 0 Å². The van der Waals surface area contributed by atoms with Crippen molar-refractivity contribution in [1.29, 1.82) is 0 Å². The molecule has 2 fully saturated rings. The molecule has 0 aliphatic carbocycles. The molecule has 0 aromatic rings. The molecule has 2 aliphatic heterocycles. The smallest absolute Gasteiger partial charge is 0.00957 e. The summed E-state index contributed by atoms with van der Waals surface area (Å²) in [7, 11) is 0. The van der Waals surface area contributed by atoms with E-state index < -0.39 is 0 Å². The van der Waals surface area contributed by atoms with Gasteiger partial charge < -0.3 is 4.90 Å². The minimum Gasteiger partial charge on any atom is -0.300 e. The van der Waals surface area contributed by atoms with Crippen LogP contribution in [-0.4, -0.2) is 24.0 Å². The molecule has 0 aromatic carbocycles. The molecule has 0 bridgehead atoms. The van der Waals surface area contributed by atoms with E-state index in [-0.39, 0.29) is 0 Å². The molecule has 15 heavy (non-hydrogen) atoms. The number of nitrogens with zero attached hydrogens (tertiary/aromatic N) is 1. The summed E-state index contributed by atoms with van der Waals surface area (Å²) in [5.41, 5.74) is 0.520. The first-order valence-electron chi connectivity index (χ1n) is 6.81. The lowest BCUT2D eigenvalue weighted by atomic mass is 9.75. The van der Waals surface area contributed by atoms with Gasteiger partial charge in [-0.15, -0.1) is 0 Å². The Morgan fingerprint density at radius 3 is 2.33 bits per heavy atom. The molecule has 2 rings (SSSR count). The number of hydrogen-bond donors (Lipinski definition) is 0. The molecular formula is C14H27N. The third-order valence-electron chi connectivity index (χ3n) is 4.58. The largest absolute Gasteiger partial charge is 0.300 e. The van der Waals surface area contributed by atoms with Crippen molar-refractivity contribution in [3.05, 3.63) is 0 Å². The fourth-order valence-electron chi connectivity index (χ4n) is 3.45. The molecule has 0 amide bonds.